The number of hydrogen-bond donors (Lipinski definition) is 1. The van der Waals surface area contributed by atoms with Crippen molar-refractivity contribution >= 4 is 17.3 Å². The topological polar surface area (TPSA) is 21.3 Å². The first-order chi connectivity index (χ1) is 7.25. The molecule has 0 saturated carbocycles. The van der Waals surface area contributed by atoms with Crippen LogP contribution in [-0.4, -0.2) is 19.8 Å². The van der Waals surface area contributed by atoms with Gasteiger partial charge in [-0.25, -0.2) is 4.39 Å². The maximum Gasteiger partial charge on any atom is 0.146 e. The third kappa shape index (κ3) is 2.83. The third-order valence-corrected chi connectivity index (χ3v) is 2.77. The van der Waals surface area contributed by atoms with Gasteiger partial charge in [0, 0.05) is 24.1 Å². The van der Waals surface area contributed by atoms with Crippen LogP contribution in [0.5, 0.6) is 0 Å². The second kappa shape index (κ2) is 4.81. The molecule has 1 N–H and O–H groups in total. The van der Waals surface area contributed by atoms with Crippen LogP contribution in [0.4, 0.5) is 10.1 Å². The highest BCUT2D eigenvalue weighted by Gasteiger charge is 2.15. The summed E-state index contributed by atoms with van der Waals surface area (Å²) in [5.74, 6) is 0.210. The summed E-state index contributed by atoms with van der Waals surface area (Å²) < 4.78 is 18.5. The van der Waals surface area contributed by atoms with E-state index in [0.717, 1.165) is 26.2 Å². The highest BCUT2D eigenvalue weighted by atomic mass is 35.5. The number of benzene rings is 1. The standard InChI is InChI=1S/C11H13ClFNO/c12-9-1-2-10(13)11(5-9)14-6-8-3-4-15-7-8/h1-2,5,8,14H,3-4,6-7H2. The molecule has 0 spiro atoms. The molecule has 0 amide bonds. The number of anilines is 1. The molecule has 1 unspecified atom stereocenters. The summed E-state index contributed by atoms with van der Waals surface area (Å²) in [5.41, 5.74) is 0.467. The van der Waals surface area contributed by atoms with Crippen LogP contribution in [0.3, 0.4) is 0 Å². The number of halogens is 2. The van der Waals surface area contributed by atoms with Crippen molar-refractivity contribution in [2.24, 2.45) is 5.92 Å². The highest BCUT2D eigenvalue weighted by molar-refractivity contribution is 6.30. The van der Waals surface area contributed by atoms with Crippen LogP contribution in [0.15, 0.2) is 18.2 Å². The largest absolute Gasteiger partial charge is 0.382 e. The van der Waals surface area contributed by atoms with Crippen LogP contribution in [0.2, 0.25) is 5.02 Å². The van der Waals surface area contributed by atoms with Gasteiger partial charge in [-0.2, -0.15) is 0 Å². The summed E-state index contributed by atoms with van der Waals surface area (Å²) in [6.07, 6.45) is 1.04. The summed E-state index contributed by atoms with van der Waals surface area (Å²) in [6, 6.07) is 4.52. The first kappa shape index (κ1) is 10.7. The molecule has 2 rings (SSSR count). The van der Waals surface area contributed by atoms with E-state index in [4.69, 9.17) is 16.3 Å². The molecule has 1 heterocycles. The summed E-state index contributed by atoms with van der Waals surface area (Å²) >= 11 is 5.78. The first-order valence-corrected chi connectivity index (χ1v) is 5.40. The van der Waals surface area contributed by atoms with Crippen molar-refractivity contribution in [1.82, 2.24) is 0 Å². The van der Waals surface area contributed by atoms with Gasteiger partial charge in [0.15, 0.2) is 0 Å². The van der Waals surface area contributed by atoms with Gasteiger partial charge in [0.05, 0.1) is 12.3 Å². The maximum atomic E-state index is 13.3. The Hall–Kier alpha value is -0.800. The van der Waals surface area contributed by atoms with Gasteiger partial charge >= 0.3 is 0 Å². The minimum absolute atomic E-state index is 0.265. The molecule has 2 nitrogen and oxygen atoms in total. The van der Waals surface area contributed by atoms with E-state index in [9.17, 15) is 4.39 Å². The summed E-state index contributed by atoms with van der Waals surface area (Å²) in [4.78, 5) is 0. The third-order valence-electron chi connectivity index (χ3n) is 2.53. The zero-order chi connectivity index (χ0) is 10.7. The minimum Gasteiger partial charge on any atom is -0.382 e. The van der Waals surface area contributed by atoms with Gasteiger partial charge in [-0.05, 0) is 24.6 Å². The average Bonchev–Trinajstić information content (AvgIpc) is 2.72. The predicted octanol–water partition coefficient (Wildman–Crippen LogP) is 2.93. The van der Waals surface area contributed by atoms with Gasteiger partial charge in [0.2, 0.25) is 0 Å². The summed E-state index contributed by atoms with van der Waals surface area (Å²) in [6.45, 7) is 2.30. The lowest BCUT2D eigenvalue weighted by atomic mass is 10.1. The molecule has 82 valence electrons. The van der Waals surface area contributed by atoms with E-state index in [-0.39, 0.29) is 5.82 Å². The van der Waals surface area contributed by atoms with Gasteiger partial charge in [-0.1, -0.05) is 11.6 Å². The average molecular weight is 230 g/mol. The quantitative estimate of drug-likeness (QED) is 0.861. The normalized spacial score (nSPS) is 20.5. The fourth-order valence-corrected chi connectivity index (χ4v) is 1.80. The van der Waals surface area contributed by atoms with Crippen molar-refractivity contribution in [3.8, 4) is 0 Å². The number of nitrogens with one attached hydrogen (secondary N) is 1. The highest BCUT2D eigenvalue weighted by Crippen LogP contribution is 2.21. The molecule has 1 aliphatic rings. The Bertz CT molecular complexity index is 339. The van der Waals surface area contributed by atoms with Crippen LogP contribution in [0, 0.1) is 11.7 Å². The van der Waals surface area contributed by atoms with Crippen LogP contribution in [0.25, 0.3) is 0 Å². The van der Waals surface area contributed by atoms with E-state index in [1.807, 2.05) is 0 Å². The van der Waals surface area contributed by atoms with E-state index in [2.05, 4.69) is 5.32 Å². The van der Waals surface area contributed by atoms with E-state index in [1.54, 1.807) is 12.1 Å². The van der Waals surface area contributed by atoms with Gasteiger partial charge in [0.1, 0.15) is 5.82 Å². The van der Waals surface area contributed by atoms with E-state index >= 15 is 0 Å². The van der Waals surface area contributed by atoms with Gasteiger partial charge < -0.3 is 10.1 Å². The second-order valence-corrected chi connectivity index (χ2v) is 4.17. The number of hydrogen-bond acceptors (Lipinski definition) is 2. The Morgan fingerprint density at radius 3 is 3.13 bits per heavy atom. The molecule has 4 heteroatoms. The molecule has 1 atom stereocenters. The lowest BCUT2D eigenvalue weighted by Crippen LogP contribution is -2.14. The molecule has 15 heavy (non-hydrogen) atoms. The molecular formula is C11H13ClFNO. The Kier molecular flexibility index (Phi) is 3.44. The Morgan fingerprint density at radius 2 is 2.40 bits per heavy atom. The molecule has 0 bridgehead atoms. The predicted molar refractivity (Wildman–Crippen MR) is 58.8 cm³/mol. The minimum atomic E-state index is -0.265. The van der Waals surface area contributed by atoms with E-state index in [1.165, 1.54) is 6.07 Å². The molecule has 1 aromatic carbocycles. The fraction of sp³-hybridized carbons (Fsp3) is 0.455. The van der Waals surface area contributed by atoms with Gasteiger partial charge in [0.25, 0.3) is 0 Å². The van der Waals surface area contributed by atoms with Crippen molar-refractivity contribution in [2.45, 2.75) is 6.42 Å². The maximum absolute atomic E-state index is 13.3. The van der Waals surface area contributed by atoms with Crippen LogP contribution in [-0.2, 0) is 4.74 Å². The number of ether oxygens (including phenoxy) is 1. The molecule has 0 aliphatic carbocycles. The Labute approximate surface area is 93.4 Å². The molecule has 1 aliphatic heterocycles. The molecule has 1 saturated heterocycles. The zero-order valence-electron chi connectivity index (χ0n) is 8.30. The smallest absolute Gasteiger partial charge is 0.146 e. The Morgan fingerprint density at radius 1 is 1.53 bits per heavy atom. The zero-order valence-corrected chi connectivity index (χ0v) is 9.06. The number of rotatable bonds is 3. The second-order valence-electron chi connectivity index (χ2n) is 3.73. The molecular weight excluding hydrogens is 217 g/mol. The van der Waals surface area contributed by atoms with Crippen molar-refractivity contribution in [3.05, 3.63) is 29.0 Å². The molecule has 1 fully saturated rings. The van der Waals surface area contributed by atoms with E-state index in [0.29, 0.717) is 16.6 Å². The fourth-order valence-electron chi connectivity index (χ4n) is 1.63. The van der Waals surface area contributed by atoms with Crippen molar-refractivity contribution in [2.75, 3.05) is 25.1 Å². The lowest BCUT2D eigenvalue weighted by Gasteiger charge is -2.11. The van der Waals surface area contributed by atoms with Gasteiger partial charge in [-0.3, -0.25) is 0 Å². The van der Waals surface area contributed by atoms with Crippen molar-refractivity contribution in [1.29, 1.82) is 0 Å². The summed E-state index contributed by atoms with van der Waals surface area (Å²) in [7, 11) is 0. The monoisotopic (exact) mass is 229 g/mol. The van der Waals surface area contributed by atoms with Crippen molar-refractivity contribution in [3.63, 3.8) is 0 Å². The first-order valence-electron chi connectivity index (χ1n) is 5.02. The van der Waals surface area contributed by atoms with E-state index < -0.39 is 0 Å². The SMILES string of the molecule is Fc1ccc(Cl)cc1NCC1CCOC1. The Balaban J connectivity index is 1.94. The van der Waals surface area contributed by atoms with Gasteiger partial charge in [-0.15, -0.1) is 0 Å². The molecule has 1 aromatic rings. The summed E-state index contributed by atoms with van der Waals surface area (Å²) in [5, 5.41) is 3.60. The molecule has 0 aromatic heterocycles. The van der Waals surface area contributed by atoms with Crippen LogP contribution in [0.1, 0.15) is 6.42 Å². The molecule has 0 radical (unpaired) electrons. The lowest BCUT2D eigenvalue weighted by molar-refractivity contribution is 0.187. The van der Waals surface area contributed by atoms with Crippen molar-refractivity contribution < 1.29 is 9.13 Å². The van der Waals surface area contributed by atoms with Crippen LogP contribution < -0.4 is 5.32 Å². The van der Waals surface area contributed by atoms with Crippen LogP contribution >= 0.6 is 11.6 Å².